The molecule has 0 saturated heterocycles. The Morgan fingerprint density at radius 1 is 1.20 bits per heavy atom. The number of amides is 1. The first-order valence-corrected chi connectivity index (χ1v) is 8.62. The molecule has 2 aromatic carbocycles. The molecule has 7 heteroatoms. The van der Waals surface area contributed by atoms with E-state index in [0.717, 1.165) is 23.4 Å². The van der Waals surface area contributed by atoms with Gasteiger partial charge in [-0.2, -0.15) is 0 Å². The number of benzene rings is 2. The van der Waals surface area contributed by atoms with Gasteiger partial charge in [0.15, 0.2) is 5.11 Å². The zero-order chi connectivity index (χ0) is 17.8. The lowest BCUT2D eigenvalue weighted by atomic mass is 10.1. The van der Waals surface area contributed by atoms with Gasteiger partial charge in [0, 0.05) is 22.7 Å². The normalized spacial score (nSPS) is 18.2. The topological polar surface area (TPSA) is 62.4 Å². The minimum absolute atomic E-state index is 0.0479. The Labute approximate surface area is 156 Å². The molecule has 0 aromatic heterocycles. The quantitative estimate of drug-likeness (QED) is 0.564. The molecule has 0 aliphatic heterocycles. The van der Waals surface area contributed by atoms with Crippen LogP contribution in [0.2, 0.25) is 5.02 Å². The molecule has 25 heavy (non-hydrogen) atoms. The average Bonchev–Trinajstić information content (AvgIpc) is 3.41. The first kappa shape index (κ1) is 17.5. The standard InChI is InChI=1S/C18H18ClN3O2S/c1-24-14-4-2-3-13(9-14)20-18(25)22-21-17(23)16-10-15(16)11-5-7-12(19)8-6-11/h2-9,15-16H,10H2,1H3,(H,21,23)(H2,20,22,25). The molecule has 1 amide bonds. The zero-order valence-electron chi connectivity index (χ0n) is 13.6. The van der Waals surface area contributed by atoms with Crippen LogP contribution >= 0.6 is 23.8 Å². The molecular weight excluding hydrogens is 358 g/mol. The zero-order valence-corrected chi connectivity index (χ0v) is 15.2. The van der Waals surface area contributed by atoms with Crippen molar-refractivity contribution in [1.82, 2.24) is 10.9 Å². The summed E-state index contributed by atoms with van der Waals surface area (Å²) < 4.78 is 5.15. The smallest absolute Gasteiger partial charge is 0.242 e. The van der Waals surface area contributed by atoms with Gasteiger partial charge in [0.25, 0.3) is 0 Å². The highest BCUT2D eigenvalue weighted by Gasteiger charge is 2.43. The second kappa shape index (κ2) is 7.72. The summed E-state index contributed by atoms with van der Waals surface area (Å²) in [5.74, 6) is 0.836. The van der Waals surface area contributed by atoms with Crippen molar-refractivity contribution < 1.29 is 9.53 Å². The Kier molecular flexibility index (Phi) is 5.40. The molecule has 5 nitrogen and oxygen atoms in total. The molecule has 3 N–H and O–H groups in total. The van der Waals surface area contributed by atoms with Crippen molar-refractivity contribution in [3.63, 3.8) is 0 Å². The van der Waals surface area contributed by atoms with E-state index >= 15 is 0 Å². The van der Waals surface area contributed by atoms with Crippen LogP contribution in [-0.2, 0) is 4.79 Å². The fraction of sp³-hybridized carbons (Fsp3) is 0.222. The van der Waals surface area contributed by atoms with Crippen LogP contribution in [0.3, 0.4) is 0 Å². The van der Waals surface area contributed by atoms with Crippen molar-refractivity contribution in [2.24, 2.45) is 5.92 Å². The van der Waals surface area contributed by atoms with Gasteiger partial charge in [0.05, 0.1) is 7.11 Å². The predicted octanol–water partition coefficient (Wildman–Crippen LogP) is 3.47. The number of methoxy groups -OCH3 is 1. The first-order chi connectivity index (χ1) is 12.1. The Morgan fingerprint density at radius 3 is 2.68 bits per heavy atom. The number of hydrogen-bond donors (Lipinski definition) is 3. The van der Waals surface area contributed by atoms with E-state index in [1.165, 1.54) is 0 Å². The van der Waals surface area contributed by atoms with Crippen molar-refractivity contribution in [2.45, 2.75) is 12.3 Å². The van der Waals surface area contributed by atoms with E-state index in [9.17, 15) is 4.79 Å². The number of carbonyl (C=O) groups excluding carboxylic acids is 1. The molecule has 1 saturated carbocycles. The molecule has 1 fully saturated rings. The number of rotatable bonds is 4. The van der Waals surface area contributed by atoms with Crippen LogP contribution in [0.15, 0.2) is 48.5 Å². The first-order valence-electron chi connectivity index (χ1n) is 7.83. The second-order valence-electron chi connectivity index (χ2n) is 5.80. The minimum atomic E-state index is -0.0743. The molecule has 0 radical (unpaired) electrons. The SMILES string of the molecule is COc1cccc(NC(=S)NNC(=O)C2CC2c2ccc(Cl)cc2)c1. The highest BCUT2D eigenvalue weighted by molar-refractivity contribution is 7.80. The number of hydrogen-bond acceptors (Lipinski definition) is 3. The van der Waals surface area contributed by atoms with E-state index in [4.69, 9.17) is 28.6 Å². The Hall–Kier alpha value is -2.31. The predicted molar refractivity (Wildman–Crippen MR) is 103 cm³/mol. The average molecular weight is 376 g/mol. The van der Waals surface area contributed by atoms with Crippen LogP contribution < -0.4 is 20.9 Å². The van der Waals surface area contributed by atoms with E-state index in [1.54, 1.807) is 7.11 Å². The molecule has 1 aliphatic rings. The van der Waals surface area contributed by atoms with Gasteiger partial charge in [-0.3, -0.25) is 15.6 Å². The van der Waals surface area contributed by atoms with Gasteiger partial charge in [0.2, 0.25) is 5.91 Å². The van der Waals surface area contributed by atoms with Gasteiger partial charge in [-0.1, -0.05) is 29.8 Å². The molecule has 3 rings (SSSR count). The van der Waals surface area contributed by atoms with E-state index in [-0.39, 0.29) is 17.7 Å². The molecule has 0 spiro atoms. The number of ether oxygens (including phenoxy) is 1. The van der Waals surface area contributed by atoms with Crippen LogP contribution in [0, 0.1) is 5.92 Å². The fourth-order valence-corrected chi connectivity index (χ4v) is 2.93. The second-order valence-corrected chi connectivity index (χ2v) is 6.65. The summed E-state index contributed by atoms with van der Waals surface area (Å²) in [6.45, 7) is 0. The van der Waals surface area contributed by atoms with Gasteiger partial charge in [-0.25, -0.2) is 0 Å². The largest absolute Gasteiger partial charge is 0.497 e. The van der Waals surface area contributed by atoms with Crippen molar-refractivity contribution >= 4 is 40.5 Å². The monoisotopic (exact) mass is 375 g/mol. The van der Waals surface area contributed by atoms with E-state index in [1.807, 2.05) is 48.5 Å². The highest BCUT2D eigenvalue weighted by atomic mass is 35.5. The number of anilines is 1. The van der Waals surface area contributed by atoms with Gasteiger partial charge in [-0.15, -0.1) is 0 Å². The van der Waals surface area contributed by atoms with E-state index < -0.39 is 0 Å². The highest BCUT2D eigenvalue weighted by Crippen LogP contribution is 2.47. The summed E-state index contributed by atoms with van der Waals surface area (Å²) in [5, 5.41) is 4.00. The summed E-state index contributed by atoms with van der Waals surface area (Å²) in [6.07, 6.45) is 0.825. The van der Waals surface area contributed by atoms with Crippen LogP contribution in [0.4, 0.5) is 5.69 Å². The Balaban J connectivity index is 1.46. The lowest BCUT2D eigenvalue weighted by Crippen LogP contribution is -2.44. The third-order valence-electron chi connectivity index (χ3n) is 4.05. The van der Waals surface area contributed by atoms with Crippen molar-refractivity contribution in [3.05, 3.63) is 59.1 Å². The molecule has 2 aromatic rings. The van der Waals surface area contributed by atoms with Crippen molar-refractivity contribution in [1.29, 1.82) is 0 Å². The van der Waals surface area contributed by atoms with Gasteiger partial charge < -0.3 is 10.1 Å². The molecule has 0 bridgehead atoms. The summed E-state index contributed by atoms with van der Waals surface area (Å²) in [6, 6.07) is 15.0. The molecule has 2 atom stereocenters. The number of hydrazine groups is 1. The third kappa shape index (κ3) is 4.61. The number of thiocarbonyl (C=S) groups is 1. The minimum Gasteiger partial charge on any atom is -0.497 e. The van der Waals surface area contributed by atoms with Crippen LogP contribution in [0.5, 0.6) is 5.75 Å². The van der Waals surface area contributed by atoms with Gasteiger partial charge >= 0.3 is 0 Å². The molecular formula is C18H18ClN3O2S. The van der Waals surface area contributed by atoms with Crippen molar-refractivity contribution in [3.8, 4) is 5.75 Å². The van der Waals surface area contributed by atoms with Crippen molar-refractivity contribution in [2.75, 3.05) is 12.4 Å². The molecule has 1 aliphatic carbocycles. The van der Waals surface area contributed by atoms with Crippen LogP contribution in [-0.4, -0.2) is 18.1 Å². The van der Waals surface area contributed by atoms with Crippen LogP contribution in [0.1, 0.15) is 17.9 Å². The van der Waals surface area contributed by atoms with Gasteiger partial charge in [0.1, 0.15) is 5.75 Å². The van der Waals surface area contributed by atoms with Crippen LogP contribution in [0.25, 0.3) is 0 Å². The summed E-state index contributed by atoms with van der Waals surface area (Å²) >= 11 is 11.1. The van der Waals surface area contributed by atoms with E-state index in [0.29, 0.717) is 10.1 Å². The summed E-state index contributed by atoms with van der Waals surface area (Å²) in [4.78, 5) is 12.2. The maximum atomic E-state index is 12.2. The third-order valence-corrected chi connectivity index (χ3v) is 4.51. The molecule has 2 unspecified atom stereocenters. The summed E-state index contributed by atoms with van der Waals surface area (Å²) in [5.41, 5.74) is 7.29. The Bertz CT molecular complexity index is 782. The number of carbonyl (C=O) groups is 1. The Morgan fingerprint density at radius 2 is 1.96 bits per heavy atom. The molecule has 0 heterocycles. The lowest BCUT2D eigenvalue weighted by molar-refractivity contribution is -0.122. The fourth-order valence-electron chi connectivity index (χ4n) is 2.64. The lowest BCUT2D eigenvalue weighted by Gasteiger charge is -2.12. The number of halogens is 1. The summed E-state index contributed by atoms with van der Waals surface area (Å²) in [7, 11) is 1.60. The van der Waals surface area contributed by atoms with E-state index in [2.05, 4.69) is 16.2 Å². The molecule has 130 valence electrons. The maximum Gasteiger partial charge on any atom is 0.242 e. The van der Waals surface area contributed by atoms with Gasteiger partial charge in [-0.05, 0) is 54.4 Å². The maximum absolute atomic E-state index is 12.2. The number of nitrogens with one attached hydrogen (secondary N) is 3.